The molecule has 0 unspecified atom stereocenters. The number of thiazole rings is 1. The molecule has 1 aromatic carbocycles. The van der Waals surface area contributed by atoms with E-state index in [1.807, 2.05) is 55.6 Å². The van der Waals surface area contributed by atoms with Gasteiger partial charge in [-0.25, -0.2) is 4.98 Å². The van der Waals surface area contributed by atoms with Crippen LogP contribution in [-0.4, -0.2) is 25.0 Å². The number of anilines is 2. The first-order valence-corrected chi connectivity index (χ1v) is 6.91. The van der Waals surface area contributed by atoms with Crippen molar-refractivity contribution in [2.45, 2.75) is 13.3 Å². The Morgan fingerprint density at radius 2 is 2.21 bits per heavy atom. The highest BCUT2D eigenvalue weighted by Crippen LogP contribution is 2.17. The molecule has 0 aliphatic carbocycles. The molecule has 0 aliphatic heterocycles. The van der Waals surface area contributed by atoms with Gasteiger partial charge in [-0.05, 0) is 25.1 Å². The van der Waals surface area contributed by atoms with Gasteiger partial charge in [0, 0.05) is 30.9 Å². The molecule has 5 heteroatoms. The molecule has 0 radical (unpaired) electrons. The Morgan fingerprint density at radius 3 is 2.84 bits per heavy atom. The van der Waals surface area contributed by atoms with Crippen molar-refractivity contribution in [3.8, 4) is 0 Å². The number of hydrogen-bond donors (Lipinski definition) is 1. The van der Waals surface area contributed by atoms with E-state index in [-0.39, 0.29) is 5.91 Å². The van der Waals surface area contributed by atoms with Crippen molar-refractivity contribution in [3.63, 3.8) is 0 Å². The molecule has 2 rings (SSSR count). The molecule has 0 aliphatic rings. The van der Waals surface area contributed by atoms with Crippen LogP contribution in [-0.2, 0) is 11.2 Å². The average molecular weight is 275 g/mol. The standard InChI is InChI=1S/C14H17N3OS/c1-10-15-12(9-19-10)8-14(18)16-11-5-4-6-13(7-11)17(2)3/h4-7,9H,8H2,1-3H3,(H,16,18). The number of nitrogens with one attached hydrogen (secondary N) is 1. The van der Waals surface area contributed by atoms with E-state index in [4.69, 9.17) is 0 Å². The molecule has 0 spiro atoms. The number of rotatable bonds is 4. The summed E-state index contributed by atoms with van der Waals surface area (Å²) in [6.45, 7) is 1.94. The number of aromatic nitrogens is 1. The number of benzene rings is 1. The Morgan fingerprint density at radius 1 is 1.42 bits per heavy atom. The van der Waals surface area contributed by atoms with Crippen molar-refractivity contribution < 1.29 is 4.79 Å². The minimum absolute atomic E-state index is 0.0405. The van der Waals surface area contributed by atoms with E-state index in [0.29, 0.717) is 6.42 Å². The lowest BCUT2D eigenvalue weighted by Crippen LogP contribution is -2.15. The van der Waals surface area contributed by atoms with Crippen LogP contribution in [0.3, 0.4) is 0 Å². The maximum Gasteiger partial charge on any atom is 0.230 e. The van der Waals surface area contributed by atoms with E-state index >= 15 is 0 Å². The van der Waals surface area contributed by atoms with Gasteiger partial charge in [0.15, 0.2) is 0 Å². The highest BCUT2D eigenvalue weighted by molar-refractivity contribution is 7.09. The van der Waals surface area contributed by atoms with Gasteiger partial charge in [-0.15, -0.1) is 11.3 Å². The van der Waals surface area contributed by atoms with E-state index in [0.717, 1.165) is 22.1 Å². The van der Waals surface area contributed by atoms with Gasteiger partial charge in [0.1, 0.15) is 0 Å². The highest BCUT2D eigenvalue weighted by Gasteiger charge is 2.07. The molecule has 2 aromatic rings. The van der Waals surface area contributed by atoms with Crippen LogP contribution in [0.4, 0.5) is 11.4 Å². The summed E-state index contributed by atoms with van der Waals surface area (Å²) < 4.78 is 0. The van der Waals surface area contributed by atoms with Crippen LogP contribution in [0.15, 0.2) is 29.6 Å². The second-order valence-electron chi connectivity index (χ2n) is 4.53. The van der Waals surface area contributed by atoms with Crippen molar-refractivity contribution in [1.29, 1.82) is 0 Å². The summed E-state index contributed by atoms with van der Waals surface area (Å²) in [7, 11) is 3.94. The van der Waals surface area contributed by atoms with Gasteiger partial charge in [0.2, 0.25) is 5.91 Å². The first kappa shape index (κ1) is 13.5. The summed E-state index contributed by atoms with van der Waals surface area (Å²) in [4.78, 5) is 18.2. The first-order valence-electron chi connectivity index (χ1n) is 6.03. The number of carbonyl (C=O) groups excluding carboxylic acids is 1. The molecular weight excluding hydrogens is 258 g/mol. The Hall–Kier alpha value is -1.88. The monoisotopic (exact) mass is 275 g/mol. The number of aryl methyl sites for hydroxylation is 1. The maximum atomic E-state index is 11.9. The van der Waals surface area contributed by atoms with Gasteiger partial charge in [-0.2, -0.15) is 0 Å². The van der Waals surface area contributed by atoms with Crippen molar-refractivity contribution in [2.24, 2.45) is 0 Å². The van der Waals surface area contributed by atoms with Crippen LogP contribution >= 0.6 is 11.3 Å². The fourth-order valence-corrected chi connectivity index (χ4v) is 2.33. The highest BCUT2D eigenvalue weighted by atomic mass is 32.1. The van der Waals surface area contributed by atoms with Crippen molar-refractivity contribution in [3.05, 3.63) is 40.3 Å². The first-order chi connectivity index (χ1) is 9.04. The predicted molar refractivity (Wildman–Crippen MR) is 80.0 cm³/mol. The van der Waals surface area contributed by atoms with Gasteiger partial charge in [-0.3, -0.25) is 4.79 Å². The lowest BCUT2D eigenvalue weighted by molar-refractivity contribution is -0.115. The Balaban J connectivity index is 2.00. The van der Waals surface area contributed by atoms with Gasteiger partial charge in [-0.1, -0.05) is 6.07 Å². The molecular formula is C14H17N3OS. The zero-order valence-electron chi connectivity index (χ0n) is 11.3. The molecule has 0 saturated heterocycles. The summed E-state index contributed by atoms with van der Waals surface area (Å²) in [5.41, 5.74) is 2.69. The van der Waals surface area contributed by atoms with Crippen molar-refractivity contribution in [1.82, 2.24) is 4.98 Å². The van der Waals surface area contributed by atoms with Crippen molar-refractivity contribution in [2.75, 3.05) is 24.3 Å². The molecule has 0 bridgehead atoms. The van der Waals surface area contributed by atoms with E-state index in [2.05, 4.69) is 10.3 Å². The summed E-state index contributed by atoms with van der Waals surface area (Å²) in [5, 5.41) is 5.80. The lowest BCUT2D eigenvalue weighted by Gasteiger charge is -2.13. The fourth-order valence-electron chi connectivity index (χ4n) is 1.72. The molecule has 0 saturated carbocycles. The van der Waals surface area contributed by atoms with Gasteiger partial charge >= 0.3 is 0 Å². The lowest BCUT2D eigenvalue weighted by atomic mass is 10.2. The summed E-state index contributed by atoms with van der Waals surface area (Å²) in [6.07, 6.45) is 0.316. The molecule has 1 aromatic heterocycles. The van der Waals surface area contributed by atoms with Crippen LogP contribution in [0.25, 0.3) is 0 Å². The SMILES string of the molecule is Cc1nc(CC(=O)Nc2cccc(N(C)C)c2)cs1. The van der Waals surface area contributed by atoms with Gasteiger partial charge in [0.25, 0.3) is 0 Å². The number of carbonyl (C=O) groups is 1. The number of hydrogen-bond acceptors (Lipinski definition) is 4. The van der Waals surface area contributed by atoms with E-state index in [1.165, 1.54) is 0 Å². The third-order valence-electron chi connectivity index (χ3n) is 2.65. The third-order valence-corrected chi connectivity index (χ3v) is 3.48. The quantitative estimate of drug-likeness (QED) is 0.933. The molecule has 0 fully saturated rings. The molecule has 4 nitrogen and oxygen atoms in total. The van der Waals surface area contributed by atoms with E-state index < -0.39 is 0 Å². The summed E-state index contributed by atoms with van der Waals surface area (Å²) >= 11 is 1.56. The Kier molecular flexibility index (Phi) is 4.16. The van der Waals surface area contributed by atoms with Gasteiger partial charge in [0.05, 0.1) is 17.1 Å². The van der Waals surface area contributed by atoms with Crippen molar-refractivity contribution >= 4 is 28.6 Å². The Bertz CT molecular complexity index is 578. The largest absolute Gasteiger partial charge is 0.378 e. The zero-order valence-corrected chi connectivity index (χ0v) is 12.1. The number of amides is 1. The molecule has 1 amide bonds. The van der Waals surface area contributed by atoms with Crippen LogP contribution in [0.1, 0.15) is 10.7 Å². The minimum atomic E-state index is -0.0405. The normalized spacial score (nSPS) is 10.3. The maximum absolute atomic E-state index is 11.9. The van der Waals surface area contributed by atoms with E-state index in [1.54, 1.807) is 11.3 Å². The summed E-state index contributed by atoms with van der Waals surface area (Å²) in [5.74, 6) is -0.0405. The minimum Gasteiger partial charge on any atom is -0.378 e. The van der Waals surface area contributed by atoms with Crippen LogP contribution in [0.2, 0.25) is 0 Å². The molecule has 1 N–H and O–H groups in total. The van der Waals surface area contributed by atoms with Crippen LogP contribution in [0, 0.1) is 6.92 Å². The van der Waals surface area contributed by atoms with Gasteiger partial charge < -0.3 is 10.2 Å². The van der Waals surface area contributed by atoms with E-state index in [9.17, 15) is 4.79 Å². The topological polar surface area (TPSA) is 45.2 Å². The second-order valence-corrected chi connectivity index (χ2v) is 5.59. The molecule has 1 heterocycles. The predicted octanol–water partition coefficient (Wildman–Crippen LogP) is 2.70. The zero-order chi connectivity index (χ0) is 13.8. The summed E-state index contributed by atoms with van der Waals surface area (Å²) in [6, 6.07) is 7.76. The van der Waals surface area contributed by atoms with Crippen LogP contribution in [0.5, 0.6) is 0 Å². The molecule has 19 heavy (non-hydrogen) atoms. The average Bonchev–Trinajstić information content (AvgIpc) is 2.74. The molecule has 100 valence electrons. The Labute approximate surface area is 117 Å². The third kappa shape index (κ3) is 3.79. The second kappa shape index (κ2) is 5.84. The number of nitrogens with zero attached hydrogens (tertiary/aromatic N) is 2. The van der Waals surface area contributed by atoms with Crippen LogP contribution < -0.4 is 10.2 Å². The fraction of sp³-hybridized carbons (Fsp3) is 0.286. The smallest absolute Gasteiger partial charge is 0.230 e. The molecule has 0 atom stereocenters.